The molecule has 0 aromatic heterocycles. The van der Waals surface area contributed by atoms with Gasteiger partial charge in [-0.15, -0.1) is 0 Å². The number of carbonyl (C=O) groups is 1. The summed E-state index contributed by atoms with van der Waals surface area (Å²) in [5.41, 5.74) is 0.245. The predicted molar refractivity (Wildman–Crippen MR) is 58.2 cm³/mol. The molecular formula is C13H14FNO. The zero-order valence-corrected chi connectivity index (χ0v) is 9.00. The Bertz CT molecular complexity index is 435. The zero-order valence-electron chi connectivity index (χ0n) is 9.00. The van der Waals surface area contributed by atoms with Gasteiger partial charge in [0.05, 0.1) is 5.54 Å². The molecule has 3 rings (SSSR count). The Labute approximate surface area is 93.9 Å². The molecule has 84 valence electrons. The van der Waals surface area contributed by atoms with Gasteiger partial charge in [0.2, 0.25) is 5.91 Å². The second-order valence-electron chi connectivity index (χ2n) is 4.83. The van der Waals surface area contributed by atoms with Gasteiger partial charge in [-0.05, 0) is 31.7 Å². The summed E-state index contributed by atoms with van der Waals surface area (Å²) in [5, 5.41) is 3.01. The van der Waals surface area contributed by atoms with Crippen LogP contribution in [0.1, 0.15) is 31.2 Å². The van der Waals surface area contributed by atoms with Crippen molar-refractivity contribution >= 4 is 5.91 Å². The van der Waals surface area contributed by atoms with Crippen LogP contribution in [0.5, 0.6) is 0 Å². The van der Waals surface area contributed by atoms with E-state index in [2.05, 4.69) is 5.32 Å². The van der Waals surface area contributed by atoms with Crippen molar-refractivity contribution in [1.82, 2.24) is 5.32 Å². The van der Waals surface area contributed by atoms with Crippen LogP contribution >= 0.6 is 0 Å². The van der Waals surface area contributed by atoms with Gasteiger partial charge in [-0.3, -0.25) is 4.79 Å². The van der Waals surface area contributed by atoms with Crippen LogP contribution in [0, 0.1) is 11.7 Å². The van der Waals surface area contributed by atoms with E-state index in [4.69, 9.17) is 0 Å². The molecule has 0 atom stereocenters. The third-order valence-electron chi connectivity index (χ3n) is 3.45. The maximum absolute atomic E-state index is 13.6. The number of hydrogen-bond acceptors (Lipinski definition) is 1. The molecule has 2 nitrogen and oxygen atoms in total. The molecule has 1 amide bonds. The second kappa shape index (κ2) is 3.30. The van der Waals surface area contributed by atoms with Gasteiger partial charge >= 0.3 is 0 Å². The molecule has 3 heteroatoms. The molecule has 2 aliphatic rings. The molecule has 0 radical (unpaired) electrons. The molecule has 1 aromatic rings. The van der Waals surface area contributed by atoms with Crippen molar-refractivity contribution in [3.8, 4) is 0 Å². The van der Waals surface area contributed by atoms with Gasteiger partial charge in [0.25, 0.3) is 0 Å². The Kier molecular flexibility index (Phi) is 2.03. The fourth-order valence-corrected chi connectivity index (χ4v) is 2.12. The van der Waals surface area contributed by atoms with Crippen molar-refractivity contribution < 1.29 is 9.18 Å². The highest BCUT2D eigenvalue weighted by molar-refractivity contribution is 5.82. The van der Waals surface area contributed by atoms with E-state index in [0.717, 1.165) is 25.7 Å². The van der Waals surface area contributed by atoms with Gasteiger partial charge in [0.1, 0.15) is 5.82 Å². The highest BCUT2D eigenvalue weighted by Crippen LogP contribution is 2.47. The highest BCUT2D eigenvalue weighted by Gasteiger charge is 2.48. The average Bonchev–Trinajstić information content (AvgIpc) is 3.13. The summed E-state index contributed by atoms with van der Waals surface area (Å²) in [6.45, 7) is 0. The molecular weight excluding hydrogens is 205 g/mol. The Morgan fingerprint density at radius 2 is 2.00 bits per heavy atom. The minimum atomic E-state index is -0.398. The topological polar surface area (TPSA) is 29.1 Å². The molecule has 0 bridgehead atoms. The van der Waals surface area contributed by atoms with E-state index in [-0.39, 0.29) is 17.6 Å². The Balaban J connectivity index is 1.82. The Morgan fingerprint density at radius 3 is 2.56 bits per heavy atom. The maximum Gasteiger partial charge on any atom is 0.223 e. The number of hydrogen-bond donors (Lipinski definition) is 1. The molecule has 2 saturated carbocycles. The first-order valence-corrected chi connectivity index (χ1v) is 5.78. The lowest BCUT2D eigenvalue weighted by Crippen LogP contribution is -2.36. The SMILES string of the molecule is O=C(NC1(c2ccccc2F)CC1)C1CC1. The number of benzene rings is 1. The van der Waals surface area contributed by atoms with E-state index >= 15 is 0 Å². The standard InChI is InChI=1S/C13H14FNO/c14-11-4-2-1-3-10(11)13(7-8-13)15-12(16)9-5-6-9/h1-4,9H,5-8H2,(H,15,16). The predicted octanol–water partition coefficient (Wildman–Crippen LogP) is 2.34. The molecule has 0 spiro atoms. The molecule has 0 heterocycles. The maximum atomic E-state index is 13.6. The van der Waals surface area contributed by atoms with Gasteiger partial charge < -0.3 is 5.32 Å². The Hall–Kier alpha value is -1.38. The van der Waals surface area contributed by atoms with Crippen molar-refractivity contribution in [2.24, 2.45) is 5.92 Å². The summed E-state index contributed by atoms with van der Waals surface area (Å²) in [5.74, 6) is 0.0705. The molecule has 2 aliphatic carbocycles. The van der Waals surface area contributed by atoms with E-state index in [1.54, 1.807) is 12.1 Å². The Morgan fingerprint density at radius 1 is 1.31 bits per heavy atom. The van der Waals surface area contributed by atoms with Crippen LogP contribution in [-0.2, 0) is 10.3 Å². The third-order valence-corrected chi connectivity index (χ3v) is 3.45. The van der Waals surface area contributed by atoms with E-state index in [1.165, 1.54) is 6.07 Å². The summed E-state index contributed by atoms with van der Waals surface area (Å²) in [6.07, 6.45) is 3.68. The number of carbonyl (C=O) groups excluding carboxylic acids is 1. The summed E-state index contributed by atoms with van der Waals surface area (Å²) in [6, 6.07) is 6.73. The van der Waals surface area contributed by atoms with Crippen LogP contribution in [0.15, 0.2) is 24.3 Å². The lowest BCUT2D eigenvalue weighted by atomic mass is 10.0. The van der Waals surface area contributed by atoms with Crippen LogP contribution < -0.4 is 5.32 Å². The fourth-order valence-electron chi connectivity index (χ4n) is 2.12. The van der Waals surface area contributed by atoms with Gasteiger partial charge in [-0.25, -0.2) is 4.39 Å². The third kappa shape index (κ3) is 1.60. The molecule has 2 fully saturated rings. The lowest BCUT2D eigenvalue weighted by Gasteiger charge is -2.18. The monoisotopic (exact) mass is 219 g/mol. The molecule has 0 saturated heterocycles. The van der Waals surface area contributed by atoms with Gasteiger partial charge in [0.15, 0.2) is 0 Å². The summed E-state index contributed by atoms with van der Waals surface area (Å²) in [4.78, 5) is 11.7. The minimum absolute atomic E-state index is 0.0979. The molecule has 0 aliphatic heterocycles. The van der Waals surface area contributed by atoms with Crippen molar-refractivity contribution in [2.45, 2.75) is 31.2 Å². The first-order chi connectivity index (χ1) is 7.71. The normalized spacial score (nSPS) is 21.6. The number of rotatable bonds is 3. The van der Waals surface area contributed by atoms with E-state index in [1.807, 2.05) is 6.07 Å². The summed E-state index contributed by atoms with van der Waals surface area (Å²) >= 11 is 0. The molecule has 16 heavy (non-hydrogen) atoms. The summed E-state index contributed by atoms with van der Waals surface area (Å²) < 4.78 is 13.6. The first kappa shape index (κ1) is 9.82. The van der Waals surface area contributed by atoms with E-state index < -0.39 is 5.54 Å². The largest absolute Gasteiger partial charge is 0.346 e. The fraction of sp³-hybridized carbons (Fsp3) is 0.462. The van der Waals surface area contributed by atoms with Gasteiger partial charge in [-0.2, -0.15) is 0 Å². The van der Waals surface area contributed by atoms with Crippen LogP contribution in [0.4, 0.5) is 4.39 Å². The van der Waals surface area contributed by atoms with E-state index in [0.29, 0.717) is 5.56 Å². The minimum Gasteiger partial charge on any atom is -0.346 e. The van der Waals surface area contributed by atoms with Crippen LogP contribution in [0.25, 0.3) is 0 Å². The van der Waals surface area contributed by atoms with Crippen molar-refractivity contribution in [1.29, 1.82) is 0 Å². The zero-order chi connectivity index (χ0) is 11.2. The first-order valence-electron chi connectivity index (χ1n) is 5.78. The van der Waals surface area contributed by atoms with Crippen LogP contribution in [0.3, 0.4) is 0 Å². The van der Waals surface area contributed by atoms with Crippen LogP contribution in [0.2, 0.25) is 0 Å². The lowest BCUT2D eigenvalue weighted by molar-refractivity contribution is -0.123. The van der Waals surface area contributed by atoms with E-state index in [9.17, 15) is 9.18 Å². The number of nitrogens with one attached hydrogen (secondary N) is 1. The van der Waals surface area contributed by atoms with Crippen LogP contribution in [-0.4, -0.2) is 5.91 Å². The van der Waals surface area contributed by atoms with Gasteiger partial charge in [0, 0.05) is 11.5 Å². The van der Waals surface area contributed by atoms with Crippen molar-refractivity contribution in [3.05, 3.63) is 35.6 Å². The summed E-state index contributed by atoms with van der Waals surface area (Å²) in [7, 11) is 0. The average molecular weight is 219 g/mol. The number of halogens is 1. The molecule has 1 N–H and O–H groups in total. The smallest absolute Gasteiger partial charge is 0.223 e. The quantitative estimate of drug-likeness (QED) is 0.830. The second-order valence-corrected chi connectivity index (χ2v) is 4.83. The highest BCUT2D eigenvalue weighted by atomic mass is 19.1. The molecule has 1 aromatic carbocycles. The molecule has 0 unspecified atom stereocenters. The van der Waals surface area contributed by atoms with Gasteiger partial charge in [-0.1, -0.05) is 18.2 Å². The number of amides is 1. The van der Waals surface area contributed by atoms with Crippen molar-refractivity contribution in [3.63, 3.8) is 0 Å². The van der Waals surface area contributed by atoms with Crippen molar-refractivity contribution in [2.75, 3.05) is 0 Å².